The summed E-state index contributed by atoms with van der Waals surface area (Å²) < 4.78 is 16.8. The smallest absolute Gasteiger partial charge is 0.306 e. The van der Waals surface area contributed by atoms with Gasteiger partial charge < -0.3 is 14.2 Å². The molecule has 0 heterocycles. The highest BCUT2D eigenvalue weighted by Crippen LogP contribution is 2.17. The van der Waals surface area contributed by atoms with Crippen molar-refractivity contribution in [3.8, 4) is 0 Å². The Morgan fingerprint density at radius 3 is 0.899 bits per heavy atom. The fourth-order valence-corrected chi connectivity index (χ4v) is 8.81. The van der Waals surface area contributed by atoms with E-state index >= 15 is 0 Å². The summed E-state index contributed by atoms with van der Waals surface area (Å²) in [6.45, 7) is 6.53. The van der Waals surface area contributed by atoms with Crippen molar-refractivity contribution in [2.24, 2.45) is 0 Å². The van der Waals surface area contributed by atoms with Gasteiger partial charge in [0.15, 0.2) is 6.10 Å². The minimum absolute atomic E-state index is 0.0770. The predicted octanol–water partition coefficient (Wildman–Crippen LogP) is 20.2. The summed E-state index contributed by atoms with van der Waals surface area (Å²) in [5.41, 5.74) is 0. The van der Waals surface area contributed by atoms with Gasteiger partial charge in [0.1, 0.15) is 13.2 Å². The fraction of sp³-hybridized carbons (Fsp3) is 0.825. The SMILES string of the molecule is CC/C=C\C/C=C\C/C=C\CCCCCCCC(=O)OC(COC(=O)CCCCCCCCCCC)COC(=O)CCCCCCCCCCCCCCCCC/C=C\CCCCCCCCCC. The summed E-state index contributed by atoms with van der Waals surface area (Å²) in [5.74, 6) is -0.883. The molecule has 0 spiro atoms. The molecule has 6 nitrogen and oxygen atoms in total. The first-order valence-corrected chi connectivity index (χ1v) is 30.1. The molecule has 0 aliphatic heterocycles. The van der Waals surface area contributed by atoms with Crippen LogP contribution in [-0.4, -0.2) is 37.2 Å². The Morgan fingerprint density at radius 2 is 0.565 bits per heavy atom. The van der Waals surface area contributed by atoms with Crippen LogP contribution in [0, 0.1) is 0 Å². The van der Waals surface area contributed by atoms with Crippen molar-refractivity contribution in [3.63, 3.8) is 0 Å². The summed E-state index contributed by atoms with van der Waals surface area (Å²) in [4.78, 5) is 38.0. The standard InChI is InChI=1S/C63H114O6/c1-4-7-10-13-16-19-21-23-25-26-27-28-29-30-31-32-33-34-35-36-38-39-41-44-47-50-53-56-62(65)68-59-60(58-67-61(64)55-52-49-46-43-18-15-12-9-6-3)69-63(66)57-54-51-48-45-42-40-37-24-22-20-17-14-11-8-5-2/h8,11,17,20,24,26-27,37,60H,4-7,9-10,12-16,18-19,21-23,25,28-36,38-59H2,1-3H3/b11-8-,20-17-,27-26-,37-24-. The number of ether oxygens (including phenoxy) is 3. The summed E-state index contributed by atoms with van der Waals surface area (Å²) >= 11 is 0. The Hall–Kier alpha value is -2.63. The Morgan fingerprint density at radius 1 is 0.304 bits per heavy atom. The van der Waals surface area contributed by atoms with Crippen molar-refractivity contribution >= 4 is 17.9 Å². The summed E-state index contributed by atoms with van der Waals surface area (Å²) in [6, 6.07) is 0. The molecule has 0 amide bonds. The first kappa shape index (κ1) is 66.4. The van der Waals surface area contributed by atoms with Gasteiger partial charge in [0.05, 0.1) is 0 Å². The van der Waals surface area contributed by atoms with E-state index < -0.39 is 6.10 Å². The van der Waals surface area contributed by atoms with Gasteiger partial charge in [-0.05, 0) is 77.0 Å². The van der Waals surface area contributed by atoms with Gasteiger partial charge in [0.2, 0.25) is 0 Å². The number of carbonyl (C=O) groups is 3. The summed E-state index contributed by atoms with van der Waals surface area (Å²) in [7, 11) is 0. The highest BCUT2D eigenvalue weighted by atomic mass is 16.6. The quantitative estimate of drug-likeness (QED) is 0.0262. The number of unbranched alkanes of at least 4 members (excludes halogenated alkanes) is 36. The molecule has 402 valence electrons. The molecule has 0 N–H and O–H groups in total. The van der Waals surface area contributed by atoms with E-state index in [0.717, 1.165) is 96.3 Å². The lowest BCUT2D eigenvalue weighted by Crippen LogP contribution is -2.30. The van der Waals surface area contributed by atoms with Crippen molar-refractivity contribution in [1.29, 1.82) is 0 Å². The Bertz CT molecular complexity index is 1200. The molecule has 0 saturated heterocycles. The second-order valence-electron chi connectivity index (χ2n) is 20.2. The number of allylic oxidation sites excluding steroid dienone is 8. The van der Waals surface area contributed by atoms with Gasteiger partial charge >= 0.3 is 17.9 Å². The average Bonchev–Trinajstić information content (AvgIpc) is 3.35. The van der Waals surface area contributed by atoms with Crippen LogP contribution in [0.25, 0.3) is 0 Å². The zero-order valence-electron chi connectivity index (χ0n) is 46.1. The molecule has 6 heteroatoms. The fourth-order valence-electron chi connectivity index (χ4n) is 8.81. The molecule has 0 bridgehead atoms. The molecule has 0 aliphatic rings. The lowest BCUT2D eigenvalue weighted by atomic mass is 10.0. The van der Waals surface area contributed by atoms with Crippen molar-refractivity contribution in [1.82, 2.24) is 0 Å². The van der Waals surface area contributed by atoms with E-state index in [4.69, 9.17) is 14.2 Å². The maximum Gasteiger partial charge on any atom is 0.306 e. The van der Waals surface area contributed by atoms with E-state index in [0.29, 0.717) is 19.3 Å². The largest absolute Gasteiger partial charge is 0.462 e. The van der Waals surface area contributed by atoms with Gasteiger partial charge in [-0.3, -0.25) is 14.4 Å². The molecule has 0 aliphatic carbocycles. The molecule has 0 aromatic carbocycles. The van der Waals surface area contributed by atoms with Gasteiger partial charge in [-0.2, -0.15) is 0 Å². The summed E-state index contributed by atoms with van der Waals surface area (Å²) in [6.07, 6.45) is 71.3. The maximum atomic E-state index is 12.8. The van der Waals surface area contributed by atoms with E-state index in [1.54, 1.807) is 0 Å². The number of esters is 3. The molecular weight excluding hydrogens is 853 g/mol. The zero-order chi connectivity index (χ0) is 50.0. The zero-order valence-corrected chi connectivity index (χ0v) is 46.1. The second kappa shape index (κ2) is 57.9. The maximum absolute atomic E-state index is 12.8. The lowest BCUT2D eigenvalue weighted by molar-refractivity contribution is -0.167. The van der Waals surface area contributed by atoms with Crippen molar-refractivity contribution in [3.05, 3.63) is 48.6 Å². The van der Waals surface area contributed by atoms with E-state index in [-0.39, 0.29) is 31.1 Å². The Kier molecular flexibility index (Phi) is 55.7. The molecule has 0 saturated carbocycles. The highest BCUT2D eigenvalue weighted by molar-refractivity contribution is 5.71. The summed E-state index contributed by atoms with van der Waals surface area (Å²) in [5, 5.41) is 0. The van der Waals surface area contributed by atoms with Crippen LogP contribution in [0.2, 0.25) is 0 Å². The van der Waals surface area contributed by atoms with E-state index in [1.165, 1.54) is 180 Å². The van der Waals surface area contributed by atoms with Crippen LogP contribution in [0.5, 0.6) is 0 Å². The molecule has 69 heavy (non-hydrogen) atoms. The number of hydrogen-bond donors (Lipinski definition) is 0. The first-order chi connectivity index (χ1) is 34.0. The van der Waals surface area contributed by atoms with Crippen LogP contribution in [0.3, 0.4) is 0 Å². The number of hydrogen-bond acceptors (Lipinski definition) is 6. The van der Waals surface area contributed by atoms with Gasteiger partial charge in [-0.1, -0.05) is 268 Å². The molecular formula is C63H114O6. The molecule has 0 fully saturated rings. The second-order valence-corrected chi connectivity index (χ2v) is 20.2. The topological polar surface area (TPSA) is 78.9 Å². The van der Waals surface area contributed by atoms with Crippen molar-refractivity contribution < 1.29 is 28.6 Å². The molecule has 0 aromatic heterocycles. The van der Waals surface area contributed by atoms with Crippen molar-refractivity contribution in [2.45, 2.75) is 322 Å². The third-order valence-corrected chi connectivity index (χ3v) is 13.3. The molecule has 1 unspecified atom stereocenters. The van der Waals surface area contributed by atoms with Crippen LogP contribution < -0.4 is 0 Å². The molecule has 0 radical (unpaired) electrons. The predicted molar refractivity (Wildman–Crippen MR) is 298 cm³/mol. The highest BCUT2D eigenvalue weighted by Gasteiger charge is 2.19. The van der Waals surface area contributed by atoms with Gasteiger partial charge in [-0.25, -0.2) is 0 Å². The van der Waals surface area contributed by atoms with Crippen LogP contribution in [0.1, 0.15) is 316 Å². The number of rotatable bonds is 55. The minimum Gasteiger partial charge on any atom is -0.462 e. The minimum atomic E-state index is -0.778. The van der Waals surface area contributed by atoms with E-state index in [2.05, 4.69) is 69.4 Å². The van der Waals surface area contributed by atoms with Crippen LogP contribution in [0.15, 0.2) is 48.6 Å². The van der Waals surface area contributed by atoms with Gasteiger partial charge in [-0.15, -0.1) is 0 Å². The van der Waals surface area contributed by atoms with Crippen LogP contribution in [0.4, 0.5) is 0 Å². The van der Waals surface area contributed by atoms with Gasteiger partial charge in [0, 0.05) is 19.3 Å². The third-order valence-electron chi connectivity index (χ3n) is 13.3. The molecule has 0 aromatic rings. The number of carbonyl (C=O) groups excluding carboxylic acids is 3. The molecule has 1 atom stereocenters. The molecule has 0 rings (SSSR count). The van der Waals surface area contributed by atoms with Gasteiger partial charge in [0.25, 0.3) is 0 Å². The average molecular weight is 968 g/mol. The first-order valence-electron chi connectivity index (χ1n) is 30.1. The van der Waals surface area contributed by atoms with Crippen LogP contribution in [-0.2, 0) is 28.6 Å². The third kappa shape index (κ3) is 56.2. The van der Waals surface area contributed by atoms with E-state index in [1.807, 2.05) is 0 Å². The lowest BCUT2D eigenvalue weighted by Gasteiger charge is -2.18. The van der Waals surface area contributed by atoms with Crippen LogP contribution >= 0.6 is 0 Å². The normalized spacial score (nSPS) is 12.3. The van der Waals surface area contributed by atoms with E-state index in [9.17, 15) is 14.4 Å². The Labute approximate surface area is 428 Å². The monoisotopic (exact) mass is 967 g/mol. The van der Waals surface area contributed by atoms with Crippen molar-refractivity contribution in [2.75, 3.05) is 13.2 Å². The Balaban J connectivity index is 4.13.